The van der Waals surface area contributed by atoms with Crippen molar-refractivity contribution in [3.63, 3.8) is 0 Å². The lowest BCUT2D eigenvalue weighted by atomic mass is 10.0. The summed E-state index contributed by atoms with van der Waals surface area (Å²) in [6.07, 6.45) is 3.56. The molecule has 208 valence electrons. The van der Waals surface area contributed by atoms with Gasteiger partial charge in [0.2, 0.25) is 0 Å². The molecule has 0 spiro atoms. The maximum absolute atomic E-state index is 9.30. The van der Waals surface area contributed by atoms with Crippen LogP contribution in [0.15, 0.2) is 128 Å². The van der Waals surface area contributed by atoms with Crippen molar-refractivity contribution < 1.29 is 0 Å². The van der Waals surface area contributed by atoms with Gasteiger partial charge < -0.3 is 4.90 Å². The van der Waals surface area contributed by atoms with Crippen LogP contribution in [0.5, 0.6) is 0 Å². The molecule has 0 aliphatic heterocycles. The zero-order chi connectivity index (χ0) is 30.3. The smallest absolute Gasteiger partial charge is 0.0996 e. The minimum absolute atomic E-state index is 0.593. The summed E-state index contributed by atoms with van der Waals surface area (Å²) in [6, 6.07) is 41.6. The first-order valence-corrected chi connectivity index (χ1v) is 14.3. The number of aromatic nitrogens is 4. The Morgan fingerprint density at radius 2 is 0.933 bits per heavy atom. The number of pyridine rings is 2. The first-order chi connectivity index (χ1) is 22.2. The van der Waals surface area contributed by atoms with Gasteiger partial charge in [0.25, 0.3) is 0 Å². The van der Waals surface area contributed by atoms with E-state index in [1.54, 1.807) is 36.7 Å². The summed E-state index contributed by atoms with van der Waals surface area (Å²) < 4.78 is 0. The van der Waals surface area contributed by atoms with Crippen LogP contribution in [0.4, 0.5) is 17.1 Å². The first kappa shape index (κ1) is 26.0. The van der Waals surface area contributed by atoms with Crippen molar-refractivity contribution in [2.24, 2.45) is 0 Å². The van der Waals surface area contributed by atoms with Gasteiger partial charge in [-0.25, -0.2) is 9.97 Å². The van der Waals surface area contributed by atoms with E-state index in [0.717, 1.165) is 72.1 Å². The summed E-state index contributed by atoms with van der Waals surface area (Å²) in [6.45, 7) is 0. The van der Waals surface area contributed by atoms with E-state index in [1.165, 1.54) is 0 Å². The van der Waals surface area contributed by atoms with Crippen molar-refractivity contribution in [2.45, 2.75) is 0 Å². The fraction of sp³-hybridized carbons (Fsp3) is 0. The number of benzene rings is 5. The molecule has 8 aromatic rings. The number of anilines is 3. The fourth-order valence-corrected chi connectivity index (χ4v) is 5.80. The molecule has 0 atom stereocenters. The summed E-state index contributed by atoms with van der Waals surface area (Å²) in [7, 11) is 0. The highest BCUT2D eigenvalue weighted by Gasteiger charge is 2.16. The van der Waals surface area contributed by atoms with Crippen LogP contribution in [0.2, 0.25) is 0 Å². The van der Waals surface area contributed by atoms with Crippen LogP contribution < -0.4 is 4.90 Å². The van der Waals surface area contributed by atoms with Gasteiger partial charge in [0, 0.05) is 40.2 Å². The molecule has 3 aromatic heterocycles. The molecule has 0 unspecified atom stereocenters. The van der Waals surface area contributed by atoms with Gasteiger partial charge in [-0.1, -0.05) is 18.2 Å². The van der Waals surface area contributed by atoms with Crippen LogP contribution in [-0.2, 0) is 0 Å². The summed E-state index contributed by atoms with van der Waals surface area (Å²) in [5.74, 6) is 0. The largest absolute Gasteiger partial charge is 0.311 e. The number of fused-ring (bicyclic) bond motifs is 7. The van der Waals surface area contributed by atoms with Crippen LogP contribution in [-0.4, -0.2) is 19.9 Å². The molecule has 3 heterocycles. The number of hydrogen-bond acceptors (Lipinski definition) is 7. The Morgan fingerprint density at radius 3 is 1.44 bits per heavy atom. The number of rotatable bonds is 4. The van der Waals surface area contributed by atoms with E-state index in [4.69, 9.17) is 9.97 Å². The third kappa shape index (κ3) is 4.44. The lowest BCUT2D eigenvalue weighted by molar-refractivity contribution is 1.28. The highest BCUT2D eigenvalue weighted by atomic mass is 15.1. The van der Waals surface area contributed by atoms with E-state index in [9.17, 15) is 10.5 Å². The van der Waals surface area contributed by atoms with Crippen LogP contribution in [0, 0.1) is 22.7 Å². The van der Waals surface area contributed by atoms with Gasteiger partial charge in [-0.05, 0) is 108 Å². The minimum Gasteiger partial charge on any atom is -0.311 e. The van der Waals surface area contributed by atoms with Gasteiger partial charge >= 0.3 is 0 Å². The van der Waals surface area contributed by atoms with Crippen LogP contribution in [0.3, 0.4) is 0 Å². The number of nitrogens with zero attached hydrogens (tertiary/aromatic N) is 7. The Balaban J connectivity index is 1.22. The molecule has 0 amide bonds. The van der Waals surface area contributed by atoms with Gasteiger partial charge in [0.15, 0.2) is 0 Å². The summed E-state index contributed by atoms with van der Waals surface area (Å²) >= 11 is 0. The molecular formula is C38H21N7. The maximum atomic E-state index is 9.30. The summed E-state index contributed by atoms with van der Waals surface area (Å²) in [4.78, 5) is 21.5. The zero-order valence-corrected chi connectivity index (χ0v) is 23.8. The average Bonchev–Trinajstić information content (AvgIpc) is 3.12. The Morgan fingerprint density at radius 1 is 0.467 bits per heavy atom. The van der Waals surface area contributed by atoms with Gasteiger partial charge in [-0.3, -0.25) is 9.97 Å². The van der Waals surface area contributed by atoms with E-state index < -0.39 is 0 Å². The topological polar surface area (TPSA) is 102 Å². The lowest BCUT2D eigenvalue weighted by Crippen LogP contribution is -2.09. The Hall–Kier alpha value is -6.70. The zero-order valence-electron chi connectivity index (χ0n) is 23.8. The van der Waals surface area contributed by atoms with Crippen LogP contribution in [0.25, 0.3) is 55.0 Å². The molecule has 0 fully saturated rings. The van der Waals surface area contributed by atoms with Gasteiger partial charge in [-0.15, -0.1) is 0 Å². The maximum Gasteiger partial charge on any atom is 0.0996 e. The van der Waals surface area contributed by atoms with Crippen molar-refractivity contribution in [2.75, 3.05) is 4.90 Å². The van der Waals surface area contributed by atoms with E-state index in [2.05, 4.69) is 63.4 Å². The molecular weight excluding hydrogens is 554 g/mol. The Bertz CT molecular complexity index is 2430. The molecule has 5 aromatic carbocycles. The summed E-state index contributed by atoms with van der Waals surface area (Å²) in [5, 5.41) is 20.5. The Kier molecular flexibility index (Phi) is 6.08. The second-order valence-corrected chi connectivity index (χ2v) is 10.6. The molecule has 0 radical (unpaired) electrons. The molecule has 0 aliphatic rings. The monoisotopic (exact) mass is 575 g/mol. The summed E-state index contributed by atoms with van der Waals surface area (Å²) in [5.41, 5.74) is 10.9. The second kappa shape index (κ2) is 10.5. The third-order valence-corrected chi connectivity index (χ3v) is 7.98. The van der Waals surface area contributed by atoms with Crippen LogP contribution in [0.1, 0.15) is 11.1 Å². The molecule has 8 rings (SSSR count). The molecule has 0 bridgehead atoms. The van der Waals surface area contributed by atoms with Crippen LogP contribution >= 0.6 is 0 Å². The Labute approximate surface area is 257 Å². The predicted octanol–water partition coefficient (Wildman–Crippen LogP) is 8.76. The highest BCUT2D eigenvalue weighted by molar-refractivity contribution is 6.21. The lowest BCUT2D eigenvalue weighted by Gasteiger charge is -2.25. The fourth-order valence-electron chi connectivity index (χ4n) is 5.80. The third-order valence-electron chi connectivity index (χ3n) is 7.98. The quantitative estimate of drug-likeness (QED) is 0.153. The first-order valence-electron chi connectivity index (χ1n) is 14.3. The molecule has 0 saturated carbocycles. The van der Waals surface area contributed by atoms with Crippen molar-refractivity contribution in [3.05, 3.63) is 139 Å². The normalized spacial score (nSPS) is 11.1. The van der Waals surface area contributed by atoms with Gasteiger partial charge in [-0.2, -0.15) is 10.5 Å². The van der Waals surface area contributed by atoms with Crippen molar-refractivity contribution >= 4 is 60.9 Å². The van der Waals surface area contributed by atoms with E-state index in [-0.39, 0.29) is 0 Å². The predicted molar refractivity (Wildman–Crippen MR) is 177 cm³/mol. The molecule has 7 nitrogen and oxygen atoms in total. The standard InChI is InChI=1S/C38H21N7/c39-22-24-5-12-28(13-6-24)45(29-14-7-25(23-40)8-15-29)30-16-9-26(10-17-30)27-11-18-33-34(21-27)44-38-32-4-2-20-42-36(32)35-31(37(38)43-33)3-1-19-41-35/h1-21H. The minimum atomic E-state index is 0.593. The number of hydrogen-bond donors (Lipinski definition) is 0. The molecule has 0 saturated heterocycles. The molecule has 45 heavy (non-hydrogen) atoms. The average molecular weight is 576 g/mol. The van der Waals surface area contributed by atoms with Gasteiger partial charge in [0.05, 0.1) is 56.4 Å². The van der Waals surface area contributed by atoms with Crippen molar-refractivity contribution in [1.29, 1.82) is 10.5 Å². The van der Waals surface area contributed by atoms with E-state index in [1.807, 2.05) is 54.6 Å². The van der Waals surface area contributed by atoms with Crippen molar-refractivity contribution in [3.8, 4) is 23.3 Å². The molecule has 7 heteroatoms. The second-order valence-electron chi connectivity index (χ2n) is 10.6. The molecule has 0 aliphatic carbocycles. The van der Waals surface area contributed by atoms with E-state index in [0.29, 0.717) is 11.1 Å². The molecule has 0 N–H and O–H groups in total. The SMILES string of the molecule is N#Cc1ccc(N(c2ccc(C#N)cc2)c2ccc(-c3ccc4nc5c6cccnc6c6ncccc6c5nc4c3)cc2)cc1. The van der Waals surface area contributed by atoms with Crippen molar-refractivity contribution in [1.82, 2.24) is 19.9 Å². The number of nitriles is 2. The highest BCUT2D eigenvalue weighted by Crippen LogP contribution is 2.37. The van der Waals surface area contributed by atoms with Gasteiger partial charge in [0.1, 0.15) is 0 Å². The van der Waals surface area contributed by atoms with E-state index >= 15 is 0 Å².